The summed E-state index contributed by atoms with van der Waals surface area (Å²) >= 11 is 0. The van der Waals surface area contributed by atoms with Crippen LogP contribution in [0.1, 0.15) is 22.3 Å². The summed E-state index contributed by atoms with van der Waals surface area (Å²) in [5.41, 5.74) is 10.1. The summed E-state index contributed by atoms with van der Waals surface area (Å²) < 4.78 is 29.6. The van der Waals surface area contributed by atoms with Crippen molar-refractivity contribution in [3.8, 4) is 6.07 Å². The predicted molar refractivity (Wildman–Crippen MR) is 143 cm³/mol. The van der Waals surface area contributed by atoms with Gasteiger partial charge >= 0.3 is 0 Å². The Balaban J connectivity index is 1.84. The number of hydrogen-bond acceptors (Lipinski definition) is 5. The van der Waals surface area contributed by atoms with Crippen molar-refractivity contribution in [3.05, 3.63) is 107 Å². The average Bonchev–Trinajstić information content (AvgIpc) is 3.01. The molecule has 0 bridgehead atoms. The van der Waals surface area contributed by atoms with E-state index in [-0.39, 0.29) is 17.5 Å². The van der Waals surface area contributed by atoms with Crippen molar-refractivity contribution in [3.63, 3.8) is 0 Å². The highest BCUT2D eigenvalue weighted by atomic mass is 32.2. The molecule has 0 saturated carbocycles. The zero-order chi connectivity index (χ0) is 25.7. The number of aryl methyl sites for hydroxylation is 1. The van der Waals surface area contributed by atoms with E-state index in [0.717, 1.165) is 22.4 Å². The van der Waals surface area contributed by atoms with E-state index in [1.807, 2.05) is 43.3 Å². The van der Waals surface area contributed by atoms with Crippen LogP contribution in [0.25, 0.3) is 0 Å². The smallest absolute Gasteiger partial charge is 0.243 e. The number of fused-ring (bicyclic) bond motifs is 1. The second-order valence-corrected chi connectivity index (χ2v) is 10.8. The van der Waals surface area contributed by atoms with Crippen molar-refractivity contribution in [2.24, 2.45) is 10.7 Å². The fourth-order valence-corrected chi connectivity index (χ4v) is 6.12. The molecule has 7 nitrogen and oxygen atoms in total. The molecule has 0 unspecified atom stereocenters. The molecular formula is C28H29N5O2S. The minimum absolute atomic E-state index is 0.141. The van der Waals surface area contributed by atoms with Crippen LogP contribution >= 0.6 is 0 Å². The Morgan fingerprint density at radius 2 is 1.89 bits per heavy atom. The van der Waals surface area contributed by atoms with Gasteiger partial charge in [0, 0.05) is 24.8 Å². The maximum atomic E-state index is 14.0. The van der Waals surface area contributed by atoms with Crippen molar-refractivity contribution in [1.82, 2.24) is 4.31 Å². The highest BCUT2D eigenvalue weighted by Crippen LogP contribution is 2.33. The number of benzene rings is 3. The van der Waals surface area contributed by atoms with Gasteiger partial charge in [0.15, 0.2) is 0 Å². The second-order valence-electron chi connectivity index (χ2n) is 8.89. The molecule has 0 aromatic heterocycles. The van der Waals surface area contributed by atoms with Gasteiger partial charge in [-0.25, -0.2) is 13.4 Å². The van der Waals surface area contributed by atoms with Gasteiger partial charge in [-0.2, -0.15) is 9.57 Å². The number of sulfonamides is 1. The van der Waals surface area contributed by atoms with Gasteiger partial charge in [-0.1, -0.05) is 54.6 Å². The lowest BCUT2D eigenvalue weighted by Crippen LogP contribution is -2.46. The zero-order valence-electron chi connectivity index (χ0n) is 20.2. The van der Waals surface area contributed by atoms with Crippen LogP contribution in [-0.4, -0.2) is 38.2 Å². The predicted octanol–water partition coefficient (Wildman–Crippen LogP) is 3.99. The fraction of sp³-hybridized carbons (Fsp3) is 0.214. The molecule has 0 amide bonds. The molecule has 1 atom stereocenters. The number of aliphatic imine (C=N–C) groups is 1. The summed E-state index contributed by atoms with van der Waals surface area (Å²) in [7, 11) is -3.84. The minimum Gasteiger partial charge on any atom is -0.390 e. The van der Waals surface area contributed by atoms with Crippen molar-refractivity contribution in [2.75, 3.05) is 18.0 Å². The standard InChI is InChI=1S/C28H29N5O2S/c1-21-8-11-27(12-9-21)36(34,35)33-18-25-14-24(16-29)10-13-28(25)32(17-22(2)31-20-30)19-26(33)15-23-6-4-3-5-7-23/h3-14,20,26H,2,15,17-19H2,1H3,(H2,30,31)/t26-/m1/s1. The molecule has 184 valence electrons. The largest absolute Gasteiger partial charge is 0.390 e. The molecule has 1 aliphatic heterocycles. The van der Waals surface area contributed by atoms with E-state index >= 15 is 0 Å². The average molecular weight is 500 g/mol. The van der Waals surface area contributed by atoms with Crippen molar-refractivity contribution < 1.29 is 8.42 Å². The molecule has 36 heavy (non-hydrogen) atoms. The third-order valence-corrected chi connectivity index (χ3v) is 8.20. The van der Waals surface area contributed by atoms with Crippen LogP contribution < -0.4 is 10.6 Å². The van der Waals surface area contributed by atoms with Crippen molar-refractivity contribution in [1.29, 1.82) is 5.26 Å². The van der Waals surface area contributed by atoms with Crippen LogP contribution in [0.4, 0.5) is 5.69 Å². The van der Waals surface area contributed by atoms with E-state index < -0.39 is 10.0 Å². The highest BCUT2D eigenvalue weighted by Gasteiger charge is 2.36. The Bertz CT molecular complexity index is 1410. The van der Waals surface area contributed by atoms with Crippen LogP contribution in [0, 0.1) is 18.3 Å². The van der Waals surface area contributed by atoms with Crippen LogP contribution in [0.5, 0.6) is 0 Å². The summed E-state index contributed by atoms with van der Waals surface area (Å²) in [6.07, 6.45) is 1.73. The number of rotatable bonds is 7. The van der Waals surface area contributed by atoms with Gasteiger partial charge in [-0.15, -0.1) is 0 Å². The Morgan fingerprint density at radius 1 is 1.17 bits per heavy atom. The van der Waals surface area contributed by atoms with E-state index in [1.54, 1.807) is 40.7 Å². The molecule has 3 aromatic rings. The Hall–Kier alpha value is -3.93. The van der Waals surface area contributed by atoms with E-state index in [0.29, 0.717) is 30.8 Å². The first-order chi connectivity index (χ1) is 17.3. The number of nitrogens with zero attached hydrogens (tertiary/aromatic N) is 4. The van der Waals surface area contributed by atoms with Gasteiger partial charge in [-0.05, 0) is 54.8 Å². The molecule has 3 aromatic carbocycles. The normalized spacial score (nSPS) is 16.3. The monoisotopic (exact) mass is 499 g/mol. The van der Waals surface area contributed by atoms with Gasteiger partial charge in [0.1, 0.15) is 0 Å². The van der Waals surface area contributed by atoms with Crippen molar-refractivity contribution in [2.45, 2.75) is 30.8 Å². The number of nitriles is 1. The first kappa shape index (κ1) is 25.2. The molecule has 0 spiro atoms. The Kier molecular flexibility index (Phi) is 7.53. The first-order valence-corrected chi connectivity index (χ1v) is 13.1. The molecule has 0 radical (unpaired) electrons. The van der Waals surface area contributed by atoms with Crippen LogP contribution in [0.2, 0.25) is 0 Å². The summed E-state index contributed by atoms with van der Waals surface area (Å²) in [5.74, 6) is 0. The Labute approximate surface area is 212 Å². The third-order valence-electron chi connectivity index (χ3n) is 6.29. The molecule has 4 rings (SSSR count). The summed E-state index contributed by atoms with van der Waals surface area (Å²) in [4.78, 5) is 6.44. The molecule has 2 N–H and O–H groups in total. The molecule has 1 aliphatic rings. The summed E-state index contributed by atoms with van der Waals surface area (Å²) in [5, 5.41) is 9.52. The van der Waals surface area contributed by atoms with E-state index in [1.165, 1.54) is 6.34 Å². The van der Waals surface area contributed by atoms with Crippen LogP contribution in [0.15, 0.2) is 95.0 Å². The maximum Gasteiger partial charge on any atom is 0.243 e. The quantitative estimate of drug-likeness (QED) is 0.391. The second kappa shape index (κ2) is 10.8. The lowest BCUT2D eigenvalue weighted by Gasteiger charge is -2.32. The lowest BCUT2D eigenvalue weighted by molar-refractivity contribution is 0.319. The third kappa shape index (κ3) is 5.48. The van der Waals surface area contributed by atoms with Gasteiger partial charge in [-0.3, -0.25) is 0 Å². The summed E-state index contributed by atoms with van der Waals surface area (Å²) in [6, 6.07) is 23.9. The fourth-order valence-electron chi connectivity index (χ4n) is 4.53. The highest BCUT2D eigenvalue weighted by molar-refractivity contribution is 7.89. The Morgan fingerprint density at radius 3 is 2.56 bits per heavy atom. The summed E-state index contributed by atoms with van der Waals surface area (Å²) in [6.45, 7) is 6.86. The zero-order valence-corrected chi connectivity index (χ0v) is 21.0. The lowest BCUT2D eigenvalue weighted by atomic mass is 10.1. The van der Waals surface area contributed by atoms with Crippen molar-refractivity contribution >= 4 is 22.0 Å². The number of hydrogen-bond donors (Lipinski definition) is 1. The first-order valence-electron chi connectivity index (χ1n) is 11.6. The molecule has 0 saturated heterocycles. The number of nitrogens with two attached hydrogens (primary N) is 1. The van der Waals surface area contributed by atoms with Crippen LogP contribution in [-0.2, 0) is 23.0 Å². The molecule has 1 heterocycles. The SMILES string of the molecule is C=C(CN1C[C@@H](Cc2ccccc2)N(S(=O)(=O)c2ccc(C)cc2)Cc2cc(C#N)ccc21)N=CN. The van der Waals surface area contributed by atoms with Gasteiger partial charge in [0.05, 0.1) is 35.1 Å². The van der Waals surface area contributed by atoms with E-state index in [9.17, 15) is 13.7 Å². The van der Waals surface area contributed by atoms with Gasteiger partial charge in [0.2, 0.25) is 10.0 Å². The van der Waals surface area contributed by atoms with Gasteiger partial charge in [0.25, 0.3) is 0 Å². The van der Waals surface area contributed by atoms with E-state index in [2.05, 4.69) is 22.5 Å². The molecule has 0 fully saturated rings. The molecule has 8 heteroatoms. The topological polar surface area (TPSA) is 103 Å². The maximum absolute atomic E-state index is 14.0. The van der Waals surface area contributed by atoms with Crippen LogP contribution in [0.3, 0.4) is 0 Å². The molecular weight excluding hydrogens is 470 g/mol. The minimum atomic E-state index is -3.84. The number of anilines is 1. The van der Waals surface area contributed by atoms with E-state index in [4.69, 9.17) is 5.73 Å². The van der Waals surface area contributed by atoms with Gasteiger partial charge < -0.3 is 10.6 Å². The molecule has 0 aliphatic carbocycles.